The fourth-order valence-electron chi connectivity index (χ4n) is 0.613. The first-order valence-corrected chi connectivity index (χ1v) is 3.74. The van der Waals surface area contributed by atoms with E-state index in [4.69, 9.17) is 15.3 Å². The molecule has 76 valence electrons. The van der Waals surface area contributed by atoms with E-state index in [1.54, 1.807) is 0 Å². The van der Waals surface area contributed by atoms with Gasteiger partial charge in [0.25, 0.3) is 0 Å². The van der Waals surface area contributed by atoms with Crippen LogP contribution in [-0.4, -0.2) is 46.1 Å². The molecule has 0 saturated carbocycles. The molecular formula is C7H12O6. The summed E-state index contributed by atoms with van der Waals surface area (Å²) in [6.45, 7) is 0.795. The Bertz CT molecular complexity index is 189. The minimum atomic E-state index is -1.89. The smallest absolute Gasteiger partial charge is 0.336 e. The lowest BCUT2D eigenvalue weighted by Crippen LogP contribution is -2.39. The number of aliphatic hydroxyl groups excluding tert-OH is 2. The highest BCUT2D eigenvalue weighted by atomic mass is 16.6. The van der Waals surface area contributed by atoms with Crippen LogP contribution >= 0.6 is 0 Å². The molecule has 0 aliphatic heterocycles. The maximum atomic E-state index is 10.7. The molecule has 0 heterocycles. The zero-order valence-electron chi connectivity index (χ0n) is 7.14. The Hall–Kier alpha value is -1.14. The summed E-state index contributed by atoms with van der Waals surface area (Å²) in [6.07, 6.45) is -3.23. The van der Waals surface area contributed by atoms with Crippen LogP contribution in [0.3, 0.4) is 0 Å². The van der Waals surface area contributed by atoms with Gasteiger partial charge in [0.1, 0.15) is 0 Å². The second-order valence-electron chi connectivity index (χ2n) is 2.35. The highest BCUT2D eigenvalue weighted by Crippen LogP contribution is 2.01. The number of rotatable bonds is 5. The van der Waals surface area contributed by atoms with Crippen molar-refractivity contribution in [2.24, 2.45) is 0 Å². The van der Waals surface area contributed by atoms with Crippen molar-refractivity contribution in [1.82, 2.24) is 0 Å². The molecule has 0 aliphatic rings. The van der Waals surface area contributed by atoms with Crippen LogP contribution in [-0.2, 0) is 14.3 Å². The maximum absolute atomic E-state index is 10.7. The molecule has 0 bridgehead atoms. The lowest BCUT2D eigenvalue weighted by Gasteiger charge is -2.17. The number of aliphatic carboxylic acids is 1. The number of aliphatic hydroxyl groups is 2. The van der Waals surface area contributed by atoms with E-state index < -0.39 is 30.8 Å². The Balaban J connectivity index is 4.17. The molecule has 6 heteroatoms. The summed E-state index contributed by atoms with van der Waals surface area (Å²) in [4.78, 5) is 20.9. The van der Waals surface area contributed by atoms with Gasteiger partial charge in [0.05, 0.1) is 6.61 Å². The molecule has 0 aromatic carbocycles. The van der Waals surface area contributed by atoms with Gasteiger partial charge in [-0.3, -0.25) is 4.79 Å². The van der Waals surface area contributed by atoms with E-state index in [0.717, 1.165) is 0 Å². The van der Waals surface area contributed by atoms with Crippen molar-refractivity contribution in [2.75, 3.05) is 6.61 Å². The molecule has 0 amide bonds. The Morgan fingerprint density at radius 2 is 2.00 bits per heavy atom. The van der Waals surface area contributed by atoms with Crippen molar-refractivity contribution in [3.05, 3.63) is 0 Å². The number of hydrogen-bond acceptors (Lipinski definition) is 5. The van der Waals surface area contributed by atoms with E-state index in [1.807, 2.05) is 0 Å². The number of carbonyl (C=O) groups is 2. The van der Waals surface area contributed by atoms with Crippen LogP contribution in [0.2, 0.25) is 0 Å². The van der Waals surface area contributed by atoms with Gasteiger partial charge in [-0.2, -0.15) is 0 Å². The third-order valence-corrected chi connectivity index (χ3v) is 1.36. The Kier molecular flexibility index (Phi) is 5.01. The van der Waals surface area contributed by atoms with Crippen LogP contribution in [0.5, 0.6) is 0 Å². The lowest BCUT2D eigenvalue weighted by atomic mass is 10.2. The molecule has 0 fully saturated rings. The van der Waals surface area contributed by atoms with E-state index in [1.165, 1.54) is 6.92 Å². The summed E-state index contributed by atoms with van der Waals surface area (Å²) in [6, 6.07) is 0. The van der Waals surface area contributed by atoms with Gasteiger partial charge in [-0.15, -0.1) is 0 Å². The van der Waals surface area contributed by atoms with Crippen molar-refractivity contribution < 1.29 is 29.6 Å². The number of carboxylic acid groups (broad SMARTS) is 1. The van der Waals surface area contributed by atoms with Crippen LogP contribution in [0.25, 0.3) is 0 Å². The maximum Gasteiger partial charge on any atom is 0.336 e. The summed E-state index contributed by atoms with van der Waals surface area (Å²) >= 11 is 0. The highest BCUT2D eigenvalue weighted by molar-refractivity contribution is 5.74. The standard InChI is InChI=1S/C7H12O6/c1-2-5(9)13-4(3-8)6(10)7(11)12/h4,6,8,10H,2-3H2,1H3,(H,11,12). The summed E-state index contributed by atoms with van der Waals surface area (Å²) in [5, 5.41) is 25.8. The Morgan fingerprint density at radius 3 is 2.31 bits per heavy atom. The zero-order chi connectivity index (χ0) is 10.4. The topological polar surface area (TPSA) is 104 Å². The first kappa shape index (κ1) is 11.9. The second-order valence-corrected chi connectivity index (χ2v) is 2.35. The number of carbonyl (C=O) groups excluding carboxylic acids is 1. The van der Waals surface area contributed by atoms with Gasteiger partial charge in [-0.05, 0) is 0 Å². The van der Waals surface area contributed by atoms with Gasteiger partial charge in [-0.1, -0.05) is 6.92 Å². The zero-order valence-corrected chi connectivity index (χ0v) is 7.14. The predicted octanol–water partition coefficient (Wildman–Crippen LogP) is -1.25. The minimum Gasteiger partial charge on any atom is -0.479 e. The Labute approximate surface area is 74.7 Å². The molecule has 13 heavy (non-hydrogen) atoms. The normalized spacial score (nSPS) is 14.7. The SMILES string of the molecule is CCC(=O)OC(CO)C(O)C(=O)O. The van der Waals surface area contributed by atoms with E-state index in [-0.39, 0.29) is 6.42 Å². The van der Waals surface area contributed by atoms with Crippen molar-refractivity contribution in [2.45, 2.75) is 25.6 Å². The first-order chi connectivity index (χ1) is 6.02. The quantitative estimate of drug-likeness (QED) is 0.470. The molecule has 3 N–H and O–H groups in total. The number of ether oxygens (including phenoxy) is 1. The summed E-state index contributed by atoms with van der Waals surface area (Å²) in [5.41, 5.74) is 0. The average molecular weight is 192 g/mol. The Morgan fingerprint density at radius 1 is 1.46 bits per heavy atom. The molecule has 2 unspecified atom stereocenters. The molecular weight excluding hydrogens is 180 g/mol. The largest absolute Gasteiger partial charge is 0.479 e. The summed E-state index contributed by atoms with van der Waals surface area (Å²) < 4.78 is 4.45. The monoisotopic (exact) mass is 192 g/mol. The van der Waals surface area contributed by atoms with Gasteiger partial charge >= 0.3 is 11.9 Å². The van der Waals surface area contributed by atoms with Gasteiger partial charge in [0.15, 0.2) is 12.2 Å². The summed E-state index contributed by atoms with van der Waals surface area (Å²) in [7, 11) is 0. The van der Waals surface area contributed by atoms with Crippen molar-refractivity contribution in [3.63, 3.8) is 0 Å². The van der Waals surface area contributed by atoms with E-state index in [2.05, 4.69) is 4.74 Å². The molecule has 0 radical (unpaired) electrons. The number of esters is 1. The van der Waals surface area contributed by atoms with Crippen molar-refractivity contribution >= 4 is 11.9 Å². The van der Waals surface area contributed by atoms with Crippen molar-refractivity contribution in [3.8, 4) is 0 Å². The fourth-order valence-corrected chi connectivity index (χ4v) is 0.613. The van der Waals surface area contributed by atoms with E-state index in [9.17, 15) is 9.59 Å². The van der Waals surface area contributed by atoms with Gasteiger partial charge < -0.3 is 20.1 Å². The first-order valence-electron chi connectivity index (χ1n) is 3.74. The van der Waals surface area contributed by atoms with Crippen molar-refractivity contribution in [1.29, 1.82) is 0 Å². The van der Waals surface area contributed by atoms with Crippen LogP contribution in [0.4, 0.5) is 0 Å². The molecule has 0 rings (SSSR count). The third-order valence-electron chi connectivity index (χ3n) is 1.36. The number of carboxylic acids is 1. The fraction of sp³-hybridized carbons (Fsp3) is 0.714. The molecule has 6 nitrogen and oxygen atoms in total. The molecule has 0 aliphatic carbocycles. The summed E-state index contributed by atoms with van der Waals surface area (Å²) in [5.74, 6) is -2.21. The molecule has 0 saturated heterocycles. The van der Waals surface area contributed by atoms with Gasteiger partial charge in [-0.25, -0.2) is 4.79 Å². The van der Waals surface area contributed by atoms with Gasteiger partial charge in [0.2, 0.25) is 0 Å². The third kappa shape index (κ3) is 3.86. The average Bonchev–Trinajstić information content (AvgIpc) is 2.12. The van der Waals surface area contributed by atoms with E-state index in [0.29, 0.717) is 0 Å². The van der Waals surface area contributed by atoms with E-state index >= 15 is 0 Å². The predicted molar refractivity (Wildman–Crippen MR) is 40.9 cm³/mol. The molecule has 0 spiro atoms. The van der Waals surface area contributed by atoms with Gasteiger partial charge in [0, 0.05) is 6.42 Å². The van der Waals surface area contributed by atoms with Crippen LogP contribution in [0, 0.1) is 0 Å². The second kappa shape index (κ2) is 5.50. The highest BCUT2D eigenvalue weighted by Gasteiger charge is 2.28. The number of hydrogen-bond donors (Lipinski definition) is 3. The molecule has 2 atom stereocenters. The van der Waals surface area contributed by atoms with Crippen LogP contribution in [0.1, 0.15) is 13.3 Å². The molecule has 0 aromatic heterocycles. The lowest BCUT2D eigenvalue weighted by molar-refractivity contribution is -0.168. The minimum absolute atomic E-state index is 0.0584. The molecule has 0 aromatic rings. The van der Waals surface area contributed by atoms with Crippen LogP contribution < -0.4 is 0 Å². The van der Waals surface area contributed by atoms with Crippen LogP contribution in [0.15, 0.2) is 0 Å².